The van der Waals surface area contributed by atoms with E-state index >= 15 is 0 Å². The lowest BCUT2D eigenvalue weighted by molar-refractivity contribution is -0.134. The van der Waals surface area contributed by atoms with E-state index in [1.165, 1.54) is 11.3 Å². The third kappa shape index (κ3) is 4.44. The Kier molecular flexibility index (Phi) is 4.11. The van der Waals surface area contributed by atoms with Crippen LogP contribution >= 0.6 is 11.3 Å². The molecule has 5 nitrogen and oxygen atoms in total. The summed E-state index contributed by atoms with van der Waals surface area (Å²) in [4.78, 5) is 22.2. The molecule has 6 heteroatoms. The van der Waals surface area contributed by atoms with Crippen molar-refractivity contribution in [3.8, 4) is 0 Å². The van der Waals surface area contributed by atoms with Crippen molar-refractivity contribution in [3.05, 3.63) is 17.0 Å². The number of carboxylic acid groups (broad SMARTS) is 1. The molecular weight excluding hydrogens is 242 g/mol. The molecule has 2 N–H and O–H groups in total. The maximum atomic E-state index is 11.8. The Balaban J connectivity index is 2.74. The van der Waals surface area contributed by atoms with E-state index in [-0.39, 0.29) is 6.54 Å². The summed E-state index contributed by atoms with van der Waals surface area (Å²) in [6.45, 7) is 5.11. The zero-order chi connectivity index (χ0) is 13.1. The lowest BCUT2D eigenvalue weighted by Crippen LogP contribution is -2.24. The average Bonchev–Trinajstić information content (AvgIpc) is 2.59. The van der Waals surface area contributed by atoms with Crippen LogP contribution in [-0.4, -0.2) is 29.2 Å². The van der Waals surface area contributed by atoms with Crippen molar-refractivity contribution in [2.75, 3.05) is 11.9 Å². The maximum absolute atomic E-state index is 11.8. The second-order valence-electron chi connectivity index (χ2n) is 4.41. The molecule has 0 fully saturated rings. The number of hydrogen-bond acceptors (Lipinski definition) is 5. The Labute approximate surface area is 103 Å². The largest absolute Gasteiger partial charge is 0.480 e. The summed E-state index contributed by atoms with van der Waals surface area (Å²) in [5.74, 6) is -1.43. The number of hydrogen-bond donors (Lipinski definition) is 2. The average molecular weight is 257 g/mol. The van der Waals surface area contributed by atoms with Crippen molar-refractivity contribution in [2.45, 2.75) is 26.4 Å². The van der Waals surface area contributed by atoms with Gasteiger partial charge in [0, 0.05) is 0 Å². The van der Waals surface area contributed by atoms with E-state index in [2.05, 4.69) is 5.32 Å². The Hall–Kier alpha value is -1.56. The quantitative estimate of drug-likeness (QED) is 0.809. The number of esters is 1. The van der Waals surface area contributed by atoms with Gasteiger partial charge in [-0.05, 0) is 32.2 Å². The fourth-order valence-corrected chi connectivity index (χ4v) is 1.87. The highest BCUT2D eigenvalue weighted by molar-refractivity contribution is 7.14. The van der Waals surface area contributed by atoms with Crippen molar-refractivity contribution in [1.29, 1.82) is 0 Å². The Morgan fingerprint density at radius 1 is 1.47 bits per heavy atom. The monoisotopic (exact) mass is 257 g/mol. The molecule has 0 aromatic carbocycles. The van der Waals surface area contributed by atoms with E-state index in [9.17, 15) is 9.59 Å². The first kappa shape index (κ1) is 13.5. The number of ether oxygens (including phenoxy) is 1. The molecule has 0 amide bonds. The lowest BCUT2D eigenvalue weighted by atomic mass is 10.2. The number of aliphatic carboxylic acids is 1. The van der Waals surface area contributed by atoms with Crippen LogP contribution in [0.2, 0.25) is 0 Å². The zero-order valence-electron chi connectivity index (χ0n) is 9.94. The minimum atomic E-state index is -0.978. The number of rotatable bonds is 4. The Bertz CT molecular complexity index is 419. The Morgan fingerprint density at radius 3 is 2.65 bits per heavy atom. The molecule has 1 aromatic rings. The van der Waals surface area contributed by atoms with E-state index < -0.39 is 17.5 Å². The summed E-state index contributed by atoms with van der Waals surface area (Å²) in [6, 6.07) is 1.61. The molecule has 0 saturated heterocycles. The van der Waals surface area contributed by atoms with Crippen LogP contribution in [-0.2, 0) is 9.53 Å². The van der Waals surface area contributed by atoms with Gasteiger partial charge in [-0.25, -0.2) is 4.79 Å². The van der Waals surface area contributed by atoms with Crippen molar-refractivity contribution < 1.29 is 19.4 Å². The predicted molar refractivity (Wildman–Crippen MR) is 65.6 cm³/mol. The van der Waals surface area contributed by atoms with Gasteiger partial charge in [0.2, 0.25) is 0 Å². The molecule has 0 aliphatic heterocycles. The standard InChI is InChI=1S/C11H15NO4S/c1-11(2,3)16-10(15)7-4-5-17-9(7)12-6-8(13)14/h4-5,12H,6H2,1-3H3,(H,13,14). The highest BCUT2D eigenvalue weighted by Crippen LogP contribution is 2.25. The number of anilines is 1. The summed E-state index contributed by atoms with van der Waals surface area (Å²) >= 11 is 1.27. The molecule has 0 aliphatic carbocycles. The van der Waals surface area contributed by atoms with Crippen molar-refractivity contribution in [3.63, 3.8) is 0 Å². The van der Waals surface area contributed by atoms with Crippen LogP contribution < -0.4 is 5.32 Å². The van der Waals surface area contributed by atoms with Crippen LogP contribution in [0.15, 0.2) is 11.4 Å². The summed E-state index contributed by atoms with van der Waals surface area (Å²) < 4.78 is 5.21. The van der Waals surface area contributed by atoms with Gasteiger partial charge < -0.3 is 15.2 Å². The van der Waals surface area contributed by atoms with E-state index in [0.717, 1.165) is 0 Å². The molecule has 0 atom stereocenters. The van der Waals surface area contributed by atoms with Crippen LogP contribution in [0.3, 0.4) is 0 Å². The van der Waals surface area contributed by atoms with E-state index in [4.69, 9.17) is 9.84 Å². The first-order valence-corrected chi connectivity index (χ1v) is 5.94. The zero-order valence-corrected chi connectivity index (χ0v) is 10.8. The van der Waals surface area contributed by atoms with Gasteiger partial charge >= 0.3 is 11.9 Å². The summed E-state index contributed by atoms with van der Waals surface area (Å²) in [7, 11) is 0. The van der Waals surface area contributed by atoms with Crippen LogP contribution in [0.4, 0.5) is 5.00 Å². The van der Waals surface area contributed by atoms with E-state index in [1.807, 2.05) is 0 Å². The van der Waals surface area contributed by atoms with Gasteiger partial charge in [0.25, 0.3) is 0 Å². The highest BCUT2D eigenvalue weighted by atomic mass is 32.1. The molecule has 94 valence electrons. The number of carboxylic acids is 1. The number of carbonyl (C=O) groups excluding carboxylic acids is 1. The number of carbonyl (C=O) groups is 2. The van der Waals surface area contributed by atoms with Crippen LogP contribution in [0.25, 0.3) is 0 Å². The molecule has 1 heterocycles. The molecule has 0 aliphatic rings. The van der Waals surface area contributed by atoms with Gasteiger partial charge in [-0.1, -0.05) is 0 Å². The van der Waals surface area contributed by atoms with Crippen LogP contribution in [0.5, 0.6) is 0 Å². The van der Waals surface area contributed by atoms with Crippen molar-refractivity contribution in [1.82, 2.24) is 0 Å². The molecule has 1 aromatic heterocycles. The lowest BCUT2D eigenvalue weighted by Gasteiger charge is -2.19. The maximum Gasteiger partial charge on any atom is 0.341 e. The minimum absolute atomic E-state index is 0.226. The minimum Gasteiger partial charge on any atom is -0.480 e. The topological polar surface area (TPSA) is 75.6 Å². The van der Waals surface area contributed by atoms with Gasteiger partial charge in [-0.15, -0.1) is 11.3 Å². The third-order valence-corrected chi connectivity index (χ3v) is 2.56. The summed E-state index contributed by atoms with van der Waals surface area (Å²) in [6.07, 6.45) is 0. The fourth-order valence-electron chi connectivity index (χ4n) is 1.10. The summed E-state index contributed by atoms with van der Waals surface area (Å²) in [5, 5.41) is 13.5. The first-order valence-electron chi connectivity index (χ1n) is 5.06. The predicted octanol–water partition coefficient (Wildman–Crippen LogP) is 2.20. The molecule has 17 heavy (non-hydrogen) atoms. The van der Waals surface area contributed by atoms with E-state index in [0.29, 0.717) is 10.6 Å². The molecule has 0 bridgehead atoms. The van der Waals surface area contributed by atoms with Crippen LogP contribution in [0, 0.1) is 0 Å². The summed E-state index contributed by atoms with van der Waals surface area (Å²) in [5.41, 5.74) is -0.200. The van der Waals surface area contributed by atoms with Crippen LogP contribution in [0.1, 0.15) is 31.1 Å². The van der Waals surface area contributed by atoms with Gasteiger partial charge in [-0.2, -0.15) is 0 Å². The molecular formula is C11H15NO4S. The molecule has 1 rings (SSSR count). The van der Waals surface area contributed by atoms with Crippen molar-refractivity contribution in [2.24, 2.45) is 0 Å². The van der Waals surface area contributed by atoms with Gasteiger partial charge in [-0.3, -0.25) is 4.79 Å². The molecule has 0 unspecified atom stereocenters. The van der Waals surface area contributed by atoms with Gasteiger partial charge in [0.15, 0.2) is 0 Å². The van der Waals surface area contributed by atoms with Gasteiger partial charge in [0.05, 0.1) is 5.56 Å². The van der Waals surface area contributed by atoms with Crippen molar-refractivity contribution >= 4 is 28.3 Å². The Morgan fingerprint density at radius 2 is 2.12 bits per heavy atom. The second-order valence-corrected chi connectivity index (χ2v) is 5.33. The number of thiophene rings is 1. The number of nitrogens with one attached hydrogen (secondary N) is 1. The van der Waals surface area contributed by atoms with E-state index in [1.54, 1.807) is 32.2 Å². The van der Waals surface area contributed by atoms with Gasteiger partial charge in [0.1, 0.15) is 17.1 Å². The SMILES string of the molecule is CC(C)(C)OC(=O)c1ccsc1NCC(=O)O. The second kappa shape index (κ2) is 5.18. The third-order valence-electron chi connectivity index (χ3n) is 1.68. The normalized spacial score (nSPS) is 11.0. The first-order chi connectivity index (χ1) is 7.79. The highest BCUT2D eigenvalue weighted by Gasteiger charge is 2.21. The smallest absolute Gasteiger partial charge is 0.341 e. The molecule has 0 saturated carbocycles. The molecule has 0 spiro atoms. The molecule has 0 radical (unpaired) electrons. The fraction of sp³-hybridized carbons (Fsp3) is 0.455.